The molecule has 2 unspecified atom stereocenters. The molecule has 0 bridgehead atoms. The fraction of sp³-hybridized carbons (Fsp3) is 0.625. The first-order valence-electron chi connectivity index (χ1n) is 6.88. The standard InChI is InChI=1S/C16H28N2/c1-12(10-11-17)15(18-5)13-6-8-14(9-7-13)16(2,3)4/h6-9,12,15,18H,10-11,17H2,1-5H3. The molecule has 2 heteroatoms. The van der Waals surface area contributed by atoms with Crippen LogP contribution >= 0.6 is 0 Å². The molecule has 0 aromatic heterocycles. The van der Waals surface area contributed by atoms with Crippen LogP contribution < -0.4 is 11.1 Å². The summed E-state index contributed by atoms with van der Waals surface area (Å²) in [5.74, 6) is 0.556. The van der Waals surface area contributed by atoms with Gasteiger partial charge in [0.1, 0.15) is 0 Å². The van der Waals surface area contributed by atoms with Crippen molar-refractivity contribution in [1.82, 2.24) is 5.32 Å². The van der Waals surface area contributed by atoms with Crippen LogP contribution in [0.3, 0.4) is 0 Å². The maximum Gasteiger partial charge on any atom is 0.0343 e. The normalized spacial score (nSPS) is 15.4. The minimum Gasteiger partial charge on any atom is -0.330 e. The largest absolute Gasteiger partial charge is 0.330 e. The van der Waals surface area contributed by atoms with Gasteiger partial charge in [-0.3, -0.25) is 0 Å². The summed E-state index contributed by atoms with van der Waals surface area (Å²) in [6.45, 7) is 9.74. The van der Waals surface area contributed by atoms with Crippen LogP contribution in [0.1, 0.15) is 51.3 Å². The minimum absolute atomic E-state index is 0.219. The van der Waals surface area contributed by atoms with Crippen LogP contribution in [0.25, 0.3) is 0 Å². The monoisotopic (exact) mass is 248 g/mol. The van der Waals surface area contributed by atoms with Gasteiger partial charge in [0.15, 0.2) is 0 Å². The van der Waals surface area contributed by atoms with E-state index in [9.17, 15) is 0 Å². The van der Waals surface area contributed by atoms with Crippen molar-refractivity contribution in [2.24, 2.45) is 11.7 Å². The summed E-state index contributed by atoms with van der Waals surface area (Å²) in [5, 5.41) is 3.41. The van der Waals surface area contributed by atoms with Crippen LogP contribution in [0.4, 0.5) is 0 Å². The summed E-state index contributed by atoms with van der Waals surface area (Å²) < 4.78 is 0. The number of benzene rings is 1. The van der Waals surface area contributed by atoms with Gasteiger partial charge in [0.05, 0.1) is 0 Å². The summed E-state index contributed by atoms with van der Waals surface area (Å²) in [6.07, 6.45) is 1.05. The third-order valence-electron chi connectivity index (χ3n) is 3.64. The number of hydrogen-bond acceptors (Lipinski definition) is 2. The molecular formula is C16H28N2. The van der Waals surface area contributed by atoms with E-state index in [0.29, 0.717) is 12.0 Å². The van der Waals surface area contributed by atoms with Crippen molar-refractivity contribution in [2.45, 2.75) is 45.6 Å². The van der Waals surface area contributed by atoms with Crippen LogP contribution in [0.15, 0.2) is 24.3 Å². The average Bonchev–Trinajstić information content (AvgIpc) is 2.30. The van der Waals surface area contributed by atoms with E-state index in [4.69, 9.17) is 5.73 Å². The van der Waals surface area contributed by atoms with Gasteiger partial charge >= 0.3 is 0 Å². The van der Waals surface area contributed by atoms with Gasteiger partial charge in [0.25, 0.3) is 0 Å². The smallest absolute Gasteiger partial charge is 0.0343 e. The molecule has 2 nitrogen and oxygen atoms in total. The highest BCUT2D eigenvalue weighted by Crippen LogP contribution is 2.27. The maximum absolute atomic E-state index is 5.65. The average molecular weight is 248 g/mol. The maximum atomic E-state index is 5.65. The van der Waals surface area contributed by atoms with Crippen LogP contribution in [0.5, 0.6) is 0 Å². The predicted octanol–water partition coefficient (Wildman–Crippen LogP) is 3.23. The van der Waals surface area contributed by atoms with Gasteiger partial charge in [0, 0.05) is 6.04 Å². The highest BCUT2D eigenvalue weighted by atomic mass is 14.9. The molecule has 102 valence electrons. The Labute approximate surface area is 112 Å². The van der Waals surface area contributed by atoms with Crippen molar-refractivity contribution in [3.63, 3.8) is 0 Å². The first-order chi connectivity index (χ1) is 8.40. The zero-order valence-corrected chi connectivity index (χ0v) is 12.5. The Morgan fingerprint density at radius 1 is 1.17 bits per heavy atom. The molecule has 3 N–H and O–H groups in total. The Kier molecular flexibility index (Phi) is 5.36. The van der Waals surface area contributed by atoms with E-state index in [1.165, 1.54) is 11.1 Å². The molecule has 0 heterocycles. The molecule has 0 amide bonds. The number of rotatable bonds is 5. The fourth-order valence-corrected chi connectivity index (χ4v) is 2.40. The van der Waals surface area contributed by atoms with Gasteiger partial charge in [-0.25, -0.2) is 0 Å². The molecule has 0 aliphatic rings. The lowest BCUT2D eigenvalue weighted by Crippen LogP contribution is -2.25. The molecule has 0 saturated heterocycles. The predicted molar refractivity (Wildman–Crippen MR) is 79.8 cm³/mol. The highest BCUT2D eigenvalue weighted by molar-refractivity contribution is 5.29. The molecule has 0 spiro atoms. The summed E-state index contributed by atoms with van der Waals surface area (Å²) in [6, 6.07) is 9.37. The zero-order chi connectivity index (χ0) is 13.8. The Balaban J connectivity index is 2.88. The Bertz CT molecular complexity index is 348. The van der Waals surface area contributed by atoms with Crippen molar-refractivity contribution in [1.29, 1.82) is 0 Å². The third-order valence-corrected chi connectivity index (χ3v) is 3.64. The molecule has 0 aliphatic heterocycles. The molecule has 18 heavy (non-hydrogen) atoms. The second-order valence-electron chi connectivity index (χ2n) is 6.19. The lowest BCUT2D eigenvalue weighted by molar-refractivity contribution is 0.391. The second kappa shape index (κ2) is 6.35. The summed E-state index contributed by atoms with van der Waals surface area (Å²) in [7, 11) is 2.02. The molecule has 1 aromatic rings. The molecule has 1 rings (SSSR count). The number of nitrogens with two attached hydrogens (primary N) is 1. The minimum atomic E-state index is 0.219. The number of hydrogen-bond donors (Lipinski definition) is 2. The Morgan fingerprint density at radius 3 is 2.11 bits per heavy atom. The fourth-order valence-electron chi connectivity index (χ4n) is 2.40. The summed E-state index contributed by atoms with van der Waals surface area (Å²) in [5.41, 5.74) is 8.61. The quantitative estimate of drug-likeness (QED) is 0.839. The highest BCUT2D eigenvalue weighted by Gasteiger charge is 2.18. The SMILES string of the molecule is CNC(c1ccc(C(C)(C)C)cc1)C(C)CCN. The molecular weight excluding hydrogens is 220 g/mol. The molecule has 2 atom stereocenters. The van der Waals surface area contributed by atoms with E-state index >= 15 is 0 Å². The topological polar surface area (TPSA) is 38.0 Å². The van der Waals surface area contributed by atoms with Crippen LogP contribution in [-0.4, -0.2) is 13.6 Å². The van der Waals surface area contributed by atoms with E-state index in [-0.39, 0.29) is 5.41 Å². The van der Waals surface area contributed by atoms with Gasteiger partial charge in [0.2, 0.25) is 0 Å². The van der Waals surface area contributed by atoms with Crippen LogP contribution in [0, 0.1) is 5.92 Å². The lowest BCUT2D eigenvalue weighted by Gasteiger charge is -2.25. The van der Waals surface area contributed by atoms with Crippen molar-refractivity contribution in [2.75, 3.05) is 13.6 Å². The van der Waals surface area contributed by atoms with Gasteiger partial charge in [-0.1, -0.05) is 52.0 Å². The number of nitrogens with one attached hydrogen (secondary N) is 1. The van der Waals surface area contributed by atoms with Crippen LogP contribution in [0.2, 0.25) is 0 Å². The second-order valence-corrected chi connectivity index (χ2v) is 6.19. The van der Waals surface area contributed by atoms with Gasteiger partial charge in [-0.05, 0) is 42.5 Å². The molecule has 0 aliphatic carbocycles. The van der Waals surface area contributed by atoms with Crippen molar-refractivity contribution in [3.8, 4) is 0 Å². The Morgan fingerprint density at radius 2 is 1.72 bits per heavy atom. The van der Waals surface area contributed by atoms with E-state index in [0.717, 1.165) is 13.0 Å². The first-order valence-corrected chi connectivity index (χ1v) is 6.88. The first kappa shape index (κ1) is 15.2. The Hall–Kier alpha value is -0.860. The van der Waals surface area contributed by atoms with Crippen molar-refractivity contribution < 1.29 is 0 Å². The summed E-state index contributed by atoms with van der Waals surface area (Å²) >= 11 is 0. The molecule has 0 saturated carbocycles. The molecule has 0 radical (unpaired) electrons. The van der Waals surface area contributed by atoms with Crippen LogP contribution in [-0.2, 0) is 5.41 Å². The lowest BCUT2D eigenvalue weighted by atomic mass is 9.85. The third kappa shape index (κ3) is 3.82. The van der Waals surface area contributed by atoms with Crippen molar-refractivity contribution >= 4 is 0 Å². The zero-order valence-electron chi connectivity index (χ0n) is 12.5. The van der Waals surface area contributed by atoms with E-state index in [2.05, 4.69) is 57.3 Å². The van der Waals surface area contributed by atoms with E-state index < -0.39 is 0 Å². The van der Waals surface area contributed by atoms with Crippen molar-refractivity contribution in [3.05, 3.63) is 35.4 Å². The van der Waals surface area contributed by atoms with Gasteiger partial charge in [-0.2, -0.15) is 0 Å². The molecule has 0 fully saturated rings. The molecule has 1 aromatic carbocycles. The van der Waals surface area contributed by atoms with E-state index in [1.54, 1.807) is 0 Å². The van der Waals surface area contributed by atoms with Gasteiger partial charge < -0.3 is 11.1 Å². The van der Waals surface area contributed by atoms with Gasteiger partial charge in [-0.15, -0.1) is 0 Å². The van der Waals surface area contributed by atoms with E-state index in [1.807, 2.05) is 7.05 Å². The summed E-state index contributed by atoms with van der Waals surface area (Å²) in [4.78, 5) is 0.